The second kappa shape index (κ2) is 10.8. The van der Waals surface area contributed by atoms with Crippen LogP contribution in [0.4, 0.5) is 4.79 Å². The molecule has 2 aromatic carbocycles. The number of amides is 1. The molecule has 0 aliphatic carbocycles. The topological polar surface area (TPSA) is 60.9 Å². The van der Waals surface area contributed by atoms with Crippen LogP contribution in [0, 0.1) is 5.92 Å². The minimum atomic E-state index is -0.252. The molecule has 6 nitrogen and oxygen atoms in total. The van der Waals surface area contributed by atoms with Crippen molar-refractivity contribution in [1.29, 1.82) is 0 Å². The molecule has 1 aliphatic rings. The average Bonchev–Trinajstić information content (AvgIpc) is 3.33. The molecule has 0 unspecified atom stereocenters. The zero-order valence-electron chi connectivity index (χ0n) is 17.3. The average molecular weight is 439 g/mol. The molecule has 1 fully saturated rings. The summed E-state index contributed by atoms with van der Waals surface area (Å²) >= 11 is 1.50. The van der Waals surface area contributed by atoms with E-state index >= 15 is 0 Å². The second-order valence-corrected chi connectivity index (χ2v) is 8.21. The molecule has 1 aliphatic heterocycles. The van der Waals surface area contributed by atoms with Gasteiger partial charge in [0.15, 0.2) is 0 Å². The summed E-state index contributed by atoms with van der Waals surface area (Å²) in [4.78, 5) is 18.1. The van der Waals surface area contributed by atoms with Crippen LogP contribution in [0.3, 0.4) is 0 Å². The summed E-state index contributed by atoms with van der Waals surface area (Å²) in [7, 11) is 0. The van der Waals surface area contributed by atoms with Gasteiger partial charge in [-0.2, -0.15) is 0 Å². The van der Waals surface area contributed by atoms with Crippen LogP contribution in [0.15, 0.2) is 65.5 Å². The lowest BCUT2D eigenvalue weighted by Crippen LogP contribution is -2.39. The van der Waals surface area contributed by atoms with Gasteiger partial charge in [-0.05, 0) is 49.4 Å². The van der Waals surface area contributed by atoms with Crippen molar-refractivity contribution in [2.45, 2.75) is 25.9 Å². The Labute approximate surface area is 186 Å². The summed E-state index contributed by atoms with van der Waals surface area (Å²) < 4.78 is 17.2. The molecular weight excluding hydrogens is 412 g/mol. The van der Waals surface area contributed by atoms with Gasteiger partial charge in [0.1, 0.15) is 23.9 Å². The number of ether oxygens (including phenoxy) is 3. The highest BCUT2D eigenvalue weighted by atomic mass is 32.1. The monoisotopic (exact) mass is 438 g/mol. The van der Waals surface area contributed by atoms with E-state index in [4.69, 9.17) is 14.2 Å². The lowest BCUT2D eigenvalue weighted by Gasteiger charge is -2.31. The van der Waals surface area contributed by atoms with Crippen molar-refractivity contribution >= 4 is 17.4 Å². The maximum Gasteiger partial charge on any atom is 0.410 e. The standard InChI is InChI=1S/C24H26N2O4S/c27-24(29-16-20-17-31-18-25-20)26-12-9-19(10-13-26)11-14-28-22-7-4-8-23(15-22)30-21-5-2-1-3-6-21/h1-8,15,17-19H,9-14,16H2. The number of likely N-dealkylation sites (tertiary alicyclic amines) is 1. The molecule has 0 spiro atoms. The van der Waals surface area contributed by atoms with E-state index in [0.717, 1.165) is 55.3 Å². The van der Waals surface area contributed by atoms with Gasteiger partial charge in [-0.1, -0.05) is 24.3 Å². The number of thiazole rings is 1. The van der Waals surface area contributed by atoms with Crippen molar-refractivity contribution in [2.75, 3.05) is 19.7 Å². The molecule has 1 aromatic heterocycles. The number of rotatable bonds is 8. The molecule has 1 amide bonds. The number of aromatic nitrogens is 1. The van der Waals surface area contributed by atoms with Crippen LogP contribution >= 0.6 is 11.3 Å². The highest BCUT2D eigenvalue weighted by Gasteiger charge is 2.23. The fourth-order valence-electron chi connectivity index (χ4n) is 3.54. The van der Waals surface area contributed by atoms with Crippen molar-refractivity contribution in [3.8, 4) is 17.2 Å². The highest BCUT2D eigenvalue weighted by molar-refractivity contribution is 7.07. The van der Waals surface area contributed by atoms with Crippen molar-refractivity contribution < 1.29 is 19.0 Å². The maximum absolute atomic E-state index is 12.2. The maximum atomic E-state index is 12.2. The van der Waals surface area contributed by atoms with E-state index in [-0.39, 0.29) is 12.7 Å². The van der Waals surface area contributed by atoms with Crippen LogP contribution in [0.2, 0.25) is 0 Å². The number of benzene rings is 2. The van der Waals surface area contributed by atoms with Crippen LogP contribution in [0.1, 0.15) is 25.0 Å². The summed E-state index contributed by atoms with van der Waals surface area (Å²) in [6.45, 7) is 2.33. The van der Waals surface area contributed by atoms with Gasteiger partial charge < -0.3 is 19.1 Å². The predicted octanol–water partition coefficient (Wildman–Crippen LogP) is 5.75. The summed E-state index contributed by atoms with van der Waals surface area (Å²) in [6, 6.07) is 17.4. The van der Waals surface area contributed by atoms with Crippen molar-refractivity contribution in [2.24, 2.45) is 5.92 Å². The molecule has 31 heavy (non-hydrogen) atoms. The van der Waals surface area contributed by atoms with Gasteiger partial charge in [-0.15, -0.1) is 11.3 Å². The SMILES string of the molecule is O=C(OCc1cscn1)N1CCC(CCOc2cccc(Oc3ccccc3)c2)CC1. The van der Waals surface area contributed by atoms with E-state index in [0.29, 0.717) is 12.5 Å². The zero-order valence-corrected chi connectivity index (χ0v) is 18.1. The van der Waals surface area contributed by atoms with Gasteiger partial charge in [0.2, 0.25) is 0 Å². The summed E-state index contributed by atoms with van der Waals surface area (Å²) in [5.74, 6) is 2.91. The lowest BCUT2D eigenvalue weighted by atomic mass is 9.94. The first kappa shape index (κ1) is 21.2. The minimum absolute atomic E-state index is 0.239. The van der Waals surface area contributed by atoms with Gasteiger partial charge in [0.05, 0.1) is 17.8 Å². The summed E-state index contributed by atoms with van der Waals surface area (Å²) in [5, 5.41) is 1.89. The smallest absolute Gasteiger partial charge is 0.410 e. The van der Waals surface area contributed by atoms with E-state index in [9.17, 15) is 4.79 Å². The predicted molar refractivity (Wildman–Crippen MR) is 120 cm³/mol. The minimum Gasteiger partial charge on any atom is -0.493 e. The Morgan fingerprint density at radius 3 is 2.58 bits per heavy atom. The fraction of sp³-hybridized carbons (Fsp3) is 0.333. The largest absolute Gasteiger partial charge is 0.493 e. The Balaban J connectivity index is 1.16. The zero-order chi connectivity index (χ0) is 21.3. The molecule has 0 saturated carbocycles. The van der Waals surface area contributed by atoms with Gasteiger partial charge in [0, 0.05) is 24.5 Å². The number of hydrogen-bond acceptors (Lipinski definition) is 6. The summed E-state index contributed by atoms with van der Waals surface area (Å²) in [6.07, 6.45) is 2.64. The number of hydrogen-bond donors (Lipinski definition) is 0. The Hall–Kier alpha value is -3.06. The van der Waals surface area contributed by atoms with Crippen LogP contribution in [-0.2, 0) is 11.3 Å². The number of carbonyl (C=O) groups excluding carboxylic acids is 1. The number of carbonyl (C=O) groups is 1. The molecule has 0 N–H and O–H groups in total. The normalized spacial score (nSPS) is 14.3. The van der Waals surface area contributed by atoms with Gasteiger partial charge >= 0.3 is 6.09 Å². The van der Waals surface area contributed by atoms with Crippen molar-refractivity contribution in [3.63, 3.8) is 0 Å². The molecule has 2 heterocycles. The lowest BCUT2D eigenvalue weighted by molar-refractivity contribution is 0.0792. The molecule has 162 valence electrons. The Kier molecular flexibility index (Phi) is 7.39. The van der Waals surface area contributed by atoms with Crippen LogP contribution < -0.4 is 9.47 Å². The molecule has 0 radical (unpaired) electrons. The number of para-hydroxylation sites is 1. The van der Waals surface area contributed by atoms with E-state index in [1.54, 1.807) is 10.4 Å². The van der Waals surface area contributed by atoms with Crippen LogP contribution in [-0.4, -0.2) is 35.7 Å². The molecule has 7 heteroatoms. The van der Waals surface area contributed by atoms with Gasteiger partial charge in [0.25, 0.3) is 0 Å². The molecule has 4 rings (SSSR count). The first-order chi connectivity index (χ1) is 15.3. The van der Waals surface area contributed by atoms with E-state index in [1.807, 2.05) is 60.0 Å². The molecule has 3 aromatic rings. The molecule has 1 saturated heterocycles. The number of piperidine rings is 1. The van der Waals surface area contributed by atoms with E-state index < -0.39 is 0 Å². The Morgan fingerprint density at radius 1 is 1.03 bits per heavy atom. The third-order valence-electron chi connectivity index (χ3n) is 5.28. The fourth-order valence-corrected chi connectivity index (χ4v) is 4.08. The van der Waals surface area contributed by atoms with E-state index in [2.05, 4.69) is 4.98 Å². The second-order valence-electron chi connectivity index (χ2n) is 7.49. The van der Waals surface area contributed by atoms with Crippen molar-refractivity contribution in [1.82, 2.24) is 9.88 Å². The first-order valence-corrected chi connectivity index (χ1v) is 11.4. The van der Waals surface area contributed by atoms with Crippen LogP contribution in [0.5, 0.6) is 17.2 Å². The van der Waals surface area contributed by atoms with Gasteiger partial charge in [-0.25, -0.2) is 9.78 Å². The quantitative estimate of drug-likeness (QED) is 0.448. The van der Waals surface area contributed by atoms with Crippen molar-refractivity contribution in [3.05, 3.63) is 71.2 Å². The van der Waals surface area contributed by atoms with E-state index in [1.165, 1.54) is 11.3 Å². The Bertz CT molecular complexity index is 941. The third-order valence-corrected chi connectivity index (χ3v) is 5.91. The first-order valence-electron chi connectivity index (χ1n) is 10.5. The highest BCUT2D eigenvalue weighted by Crippen LogP contribution is 2.26. The third kappa shape index (κ3) is 6.46. The summed E-state index contributed by atoms with van der Waals surface area (Å²) in [5.41, 5.74) is 2.53. The van der Waals surface area contributed by atoms with Crippen LogP contribution in [0.25, 0.3) is 0 Å². The number of nitrogens with zero attached hydrogens (tertiary/aromatic N) is 2. The molecule has 0 bridgehead atoms. The Morgan fingerprint density at radius 2 is 1.81 bits per heavy atom. The molecular formula is C24H26N2O4S. The molecule has 0 atom stereocenters. The van der Waals surface area contributed by atoms with Gasteiger partial charge in [-0.3, -0.25) is 0 Å².